The van der Waals surface area contributed by atoms with Crippen molar-refractivity contribution in [1.82, 2.24) is 14.2 Å². The Balaban J connectivity index is 1.39. The van der Waals surface area contributed by atoms with E-state index in [0.29, 0.717) is 23.3 Å². The van der Waals surface area contributed by atoms with Gasteiger partial charge >= 0.3 is 0 Å². The Labute approximate surface area is 190 Å². The lowest BCUT2D eigenvalue weighted by Crippen LogP contribution is -2.44. The molecule has 4 rings (SSSR count). The maximum atomic E-state index is 12.8. The maximum Gasteiger partial charge on any atom is 0.252 e. The van der Waals surface area contributed by atoms with Gasteiger partial charge in [0.25, 0.3) is 10.0 Å². The molecule has 1 aliphatic heterocycles. The highest BCUT2D eigenvalue weighted by molar-refractivity contribution is 7.91. The molecule has 166 valence electrons. The van der Waals surface area contributed by atoms with Gasteiger partial charge in [0, 0.05) is 37.2 Å². The van der Waals surface area contributed by atoms with Crippen LogP contribution >= 0.6 is 22.9 Å². The summed E-state index contributed by atoms with van der Waals surface area (Å²) >= 11 is 6.85. The van der Waals surface area contributed by atoms with Gasteiger partial charge in [-0.05, 0) is 54.7 Å². The number of thiophene rings is 1. The number of hydrogen-bond donors (Lipinski definition) is 1. The highest BCUT2D eigenvalue weighted by Gasteiger charge is 2.29. The summed E-state index contributed by atoms with van der Waals surface area (Å²) in [5.74, 6) is 0.963. The number of fused-ring (bicyclic) bond motifs is 1. The number of aromatic nitrogens is 1. The maximum absolute atomic E-state index is 12.8. The van der Waals surface area contributed by atoms with Crippen LogP contribution in [0.5, 0.6) is 5.75 Å². The predicted octanol–water partition coefficient (Wildman–Crippen LogP) is 3.92. The number of halogens is 1. The Bertz CT molecular complexity index is 1200. The Morgan fingerprint density at radius 3 is 2.68 bits per heavy atom. The summed E-state index contributed by atoms with van der Waals surface area (Å²) in [5.41, 5.74) is 2.30. The summed E-state index contributed by atoms with van der Waals surface area (Å²) in [5, 5.41) is 1.14. The fraction of sp³-hybridized carbons (Fsp3) is 0.381. The summed E-state index contributed by atoms with van der Waals surface area (Å²) in [7, 11) is -0.647. The normalized spacial score (nSPS) is 15.7. The van der Waals surface area contributed by atoms with Gasteiger partial charge in [-0.25, -0.2) is 8.42 Å². The molecule has 7 nitrogen and oxygen atoms in total. The second kappa shape index (κ2) is 8.82. The number of carbonyl (C=O) groups excluding carboxylic acids is 1. The Kier molecular flexibility index (Phi) is 6.30. The van der Waals surface area contributed by atoms with Gasteiger partial charge in [0.2, 0.25) is 5.91 Å². The summed E-state index contributed by atoms with van der Waals surface area (Å²) in [6.07, 6.45) is 3.69. The van der Waals surface area contributed by atoms with Crippen LogP contribution in [0, 0.1) is 0 Å². The van der Waals surface area contributed by atoms with E-state index in [-0.39, 0.29) is 16.7 Å². The van der Waals surface area contributed by atoms with Gasteiger partial charge in [-0.15, -0.1) is 11.3 Å². The Morgan fingerprint density at radius 1 is 1.29 bits per heavy atom. The molecule has 0 unspecified atom stereocenters. The minimum absolute atomic E-state index is 0.140. The molecular formula is C21H24ClN3O4S2. The smallest absolute Gasteiger partial charge is 0.252 e. The molecule has 1 aliphatic rings. The fourth-order valence-corrected chi connectivity index (χ4v) is 6.81. The van der Waals surface area contributed by atoms with Crippen LogP contribution in [0.15, 0.2) is 40.7 Å². The van der Waals surface area contributed by atoms with Crippen molar-refractivity contribution < 1.29 is 17.9 Å². The number of methoxy groups -OCH3 is 1. The van der Waals surface area contributed by atoms with Crippen molar-refractivity contribution in [3.63, 3.8) is 0 Å². The van der Waals surface area contributed by atoms with Crippen molar-refractivity contribution in [1.29, 1.82) is 0 Å². The molecule has 0 aliphatic carbocycles. The summed E-state index contributed by atoms with van der Waals surface area (Å²) < 4.78 is 32.3. The lowest BCUT2D eigenvalue weighted by molar-refractivity contribution is -0.132. The Morgan fingerprint density at radius 2 is 2.03 bits per heavy atom. The standard InChI is InChI=1S/C21H24ClN3O4S2/c1-24(31(27,28)21-6-5-19(22)30-21)13-20(26)25-9-7-14(8-10-25)17-12-23-18-4-3-15(29-2)11-16(17)18/h3-6,11-12,14,23H,7-10,13H2,1-2H3. The van der Waals surface area contributed by atoms with Crippen LogP contribution < -0.4 is 4.74 Å². The van der Waals surface area contributed by atoms with Crippen LogP contribution in [0.4, 0.5) is 0 Å². The molecule has 0 radical (unpaired) electrons. The quantitative estimate of drug-likeness (QED) is 0.578. The van der Waals surface area contributed by atoms with Crippen molar-refractivity contribution in [3.05, 3.63) is 46.4 Å². The van der Waals surface area contributed by atoms with E-state index in [1.807, 2.05) is 24.4 Å². The monoisotopic (exact) mass is 481 g/mol. The average molecular weight is 482 g/mol. The van der Waals surface area contributed by atoms with Gasteiger partial charge in [0.15, 0.2) is 0 Å². The second-order valence-electron chi connectivity index (χ2n) is 7.63. The van der Waals surface area contributed by atoms with Crippen LogP contribution in [0.2, 0.25) is 4.34 Å². The predicted molar refractivity (Wildman–Crippen MR) is 123 cm³/mol. The summed E-state index contributed by atoms with van der Waals surface area (Å²) in [6, 6.07) is 8.98. The first-order valence-corrected chi connectivity index (χ1v) is 12.6. The first kappa shape index (κ1) is 22.1. The molecule has 1 aromatic carbocycles. The number of carbonyl (C=O) groups is 1. The van der Waals surface area contributed by atoms with E-state index < -0.39 is 10.0 Å². The van der Waals surface area contributed by atoms with E-state index in [9.17, 15) is 13.2 Å². The summed E-state index contributed by atoms with van der Waals surface area (Å²) in [4.78, 5) is 17.8. The molecule has 3 heterocycles. The lowest BCUT2D eigenvalue weighted by atomic mass is 9.89. The molecule has 0 atom stereocenters. The largest absolute Gasteiger partial charge is 0.497 e. The van der Waals surface area contributed by atoms with E-state index in [1.165, 1.54) is 18.7 Å². The zero-order valence-electron chi connectivity index (χ0n) is 17.3. The molecule has 31 heavy (non-hydrogen) atoms. The highest BCUT2D eigenvalue weighted by atomic mass is 35.5. The number of nitrogens with one attached hydrogen (secondary N) is 1. The van der Waals surface area contributed by atoms with Crippen LogP contribution in [0.25, 0.3) is 10.9 Å². The lowest BCUT2D eigenvalue weighted by Gasteiger charge is -2.33. The van der Waals surface area contributed by atoms with Crippen LogP contribution in [-0.4, -0.2) is 62.3 Å². The number of amides is 1. The number of hydrogen-bond acceptors (Lipinski definition) is 5. The molecule has 10 heteroatoms. The number of rotatable bonds is 6. The van der Waals surface area contributed by atoms with Crippen LogP contribution in [0.1, 0.15) is 24.3 Å². The van der Waals surface area contributed by atoms with Gasteiger partial charge in [-0.1, -0.05) is 11.6 Å². The molecular weight excluding hydrogens is 458 g/mol. The van der Waals surface area contributed by atoms with Gasteiger partial charge < -0.3 is 14.6 Å². The molecule has 0 saturated carbocycles. The van der Waals surface area contributed by atoms with Crippen molar-refractivity contribution in [3.8, 4) is 5.75 Å². The van der Waals surface area contributed by atoms with Gasteiger partial charge in [-0.3, -0.25) is 4.79 Å². The number of H-pyrrole nitrogens is 1. The minimum atomic E-state index is -3.73. The number of aromatic amines is 1. The number of likely N-dealkylation sites (N-methyl/N-ethyl adjacent to an activating group) is 1. The Hall–Kier alpha value is -2.07. The number of sulfonamides is 1. The third-order valence-corrected chi connectivity index (χ3v) is 9.28. The number of nitrogens with zero attached hydrogens (tertiary/aromatic N) is 2. The van der Waals surface area contributed by atoms with Crippen molar-refractivity contribution in [2.75, 3.05) is 33.8 Å². The van der Waals surface area contributed by atoms with E-state index in [1.54, 1.807) is 18.1 Å². The van der Waals surface area contributed by atoms with Crippen molar-refractivity contribution in [2.24, 2.45) is 0 Å². The fourth-order valence-electron chi connectivity index (χ4n) is 3.99. The van der Waals surface area contributed by atoms with Crippen molar-refractivity contribution >= 4 is 49.8 Å². The number of piperidine rings is 1. The SMILES string of the molecule is COc1ccc2[nH]cc(C3CCN(C(=O)CN(C)S(=O)(=O)c4ccc(Cl)s4)CC3)c2c1. The molecule has 3 aromatic rings. The molecule has 0 bridgehead atoms. The van der Waals surface area contributed by atoms with E-state index in [4.69, 9.17) is 16.3 Å². The number of ether oxygens (including phenoxy) is 1. The summed E-state index contributed by atoms with van der Waals surface area (Å²) in [6.45, 7) is 1.00. The van der Waals surface area contributed by atoms with Gasteiger partial charge in [0.05, 0.1) is 18.0 Å². The van der Waals surface area contributed by atoms with Crippen LogP contribution in [-0.2, 0) is 14.8 Å². The van der Waals surface area contributed by atoms with Gasteiger partial charge in [0.1, 0.15) is 9.96 Å². The van der Waals surface area contributed by atoms with Crippen molar-refractivity contribution in [2.45, 2.75) is 23.0 Å². The molecule has 2 aromatic heterocycles. The second-order valence-corrected chi connectivity index (χ2v) is 11.6. The molecule has 1 saturated heterocycles. The molecule has 1 amide bonds. The first-order valence-electron chi connectivity index (χ1n) is 9.94. The van der Waals surface area contributed by atoms with E-state index in [0.717, 1.165) is 45.1 Å². The van der Waals surface area contributed by atoms with E-state index in [2.05, 4.69) is 4.98 Å². The number of benzene rings is 1. The molecule has 1 N–H and O–H groups in total. The highest BCUT2D eigenvalue weighted by Crippen LogP contribution is 2.35. The minimum Gasteiger partial charge on any atom is -0.497 e. The van der Waals surface area contributed by atoms with Gasteiger partial charge in [-0.2, -0.15) is 4.31 Å². The average Bonchev–Trinajstić information content (AvgIpc) is 3.39. The zero-order chi connectivity index (χ0) is 22.2. The molecule has 1 fully saturated rings. The zero-order valence-corrected chi connectivity index (χ0v) is 19.7. The van der Waals surface area contributed by atoms with E-state index >= 15 is 0 Å². The number of likely N-dealkylation sites (tertiary alicyclic amines) is 1. The first-order chi connectivity index (χ1) is 14.8. The third kappa shape index (κ3) is 4.45. The third-order valence-electron chi connectivity index (χ3n) is 5.78. The van der Waals surface area contributed by atoms with Crippen LogP contribution in [0.3, 0.4) is 0 Å². The molecule has 0 spiro atoms. The topological polar surface area (TPSA) is 82.7 Å².